The Morgan fingerprint density at radius 1 is 1.19 bits per heavy atom. The third-order valence-corrected chi connectivity index (χ3v) is 7.53. The molecule has 37 heavy (non-hydrogen) atoms. The minimum Gasteiger partial charge on any atom is -0.488 e. The maximum atomic E-state index is 14.2. The van der Waals surface area contributed by atoms with Crippen molar-refractivity contribution in [1.29, 1.82) is 0 Å². The number of ether oxygens (including phenoxy) is 2. The molecule has 0 atom stereocenters. The standard InChI is InChI=1S/C26H32FN5O4S/c1-14-20-23(29-13-30-24(20)37-21(14)22(28)33)31-18-11-6-15(27)12-19(18)35-17-9-7-16(8-10-17)32(5)25(34)36-26(2,3)4/h6,11-13,16-17H,7-10H2,1-5H3,(H2,28,33)(H,29,30,31)/t16-,17-. The molecule has 1 aliphatic carbocycles. The van der Waals surface area contributed by atoms with Gasteiger partial charge in [-0.15, -0.1) is 11.3 Å². The lowest BCUT2D eigenvalue weighted by molar-refractivity contribution is 0.0139. The lowest BCUT2D eigenvalue weighted by Crippen LogP contribution is -2.43. The Bertz CT molecular complexity index is 1310. The molecule has 0 radical (unpaired) electrons. The van der Waals surface area contributed by atoms with Crippen molar-refractivity contribution < 1.29 is 23.5 Å². The Morgan fingerprint density at radius 2 is 1.89 bits per heavy atom. The number of carbonyl (C=O) groups is 2. The highest BCUT2D eigenvalue weighted by atomic mass is 32.1. The van der Waals surface area contributed by atoms with E-state index in [-0.39, 0.29) is 18.2 Å². The second-order valence-corrected chi connectivity index (χ2v) is 11.2. The predicted molar refractivity (Wildman–Crippen MR) is 141 cm³/mol. The number of rotatable bonds is 6. The van der Waals surface area contributed by atoms with Crippen LogP contribution in [0.4, 0.5) is 20.7 Å². The van der Waals surface area contributed by atoms with Gasteiger partial charge >= 0.3 is 6.09 Å². The summed E-state index contributed by atoms with van der Waals surface area (Å²) < 4.78 is 25.9. The van der Waals surface area contributed by atoms with Crippen molar-refractivity contribution in [3.05, 3.63) is 40.8 Å². The van der Waals surface area contributed by atoms with Crippen molar-refractivity contribution in [3.63, 3.8) is 0 Å². The molecule has 1 aliphatic rings. The largest absolute Gasteiger partial charge is 0.488 e. The van der Waals surface area contributed by atoms with Crippen LogP contribution in [0, 0.1) is 12.7 Å². The van der Waals surface area contributed by atoms with E-state index in [1.54, 1.807) is 24.9 Å². The molecule has 198 valence electrons. The molecular weight excluding hydrogens is 497 g/mol. The number of nitrogens with one attached hydrogen (secondary N) is 1. The number of thiophene rings is 1. The molecule has 0 bridgehead atoms. The summed E-state index contributed by atoms with van der Waals surface area (Å²) in [7, 11) is 1.76. The minimum absolute atomic E-state index is 0.0510. The fraction of sp³-hybridized carbons (Fsp3) is 0.462. The number of halogens is 1. The summed E-state index contributed by atoms with van der Waals surface area (Å²) in [5.74, 6) is -0.108. The molecule has 3 N–H and O–H groups in total. The Morgan fingerprint density at radius 3 is 2.54 bits per heavy atom. The van der Waals surface area contributed by atoms with E-state index in [0.29, 0.717) is 50.8 Å². The third-order valence-electron chi connectivity index (χ3n) is 6.31. The van der Waals surface area contributed by atoms with Crippen LogP contribution in [0.25, 0.3) is 10.2 Å². The summed E-state index contributed by atoms with van der Waals surface area (Å²) in [6.45, 7) is 7.33. The number of carbonyl (C=O) groups excluding carboxylic acids is 2. The molecule has 0 aliphatic heterocycles. The van der Waals surface area contributed by atoms with Crippen LogP contribution in [0.3, 0.4) is 0 Å². The van der Waals surface area contributed by atoms with Crippen molar-refractivity contribution in [2.75, 3.05) is 12.4 Å². The van der Waals surface area contributed by atoms with E-state index < -0.39 is 17.3 Å². The monoisotopic (exact) mass is 529 g/mol. The fourth-order valence-electron chi connectivity index (χ4n) is 4.44. The fourth-order valence-corrected chi connectivity index (χ4v) is 5.44. The molecular formula is C26H32FN5O4S. The number of hydrogen-bond acceptors (Lipinski definition) is 8. The number of aromatic nitrogens is 2. The molecule has 0 saturated heterocycles. The number of fused-ring (bicyclic) bond motifs is 1. The van der Waals surface area contributed by atoms with E-state index in [0.717, 1.165) is 12.8 Å². The number of hydrogen-bond donors (Lipinski definition) is 2. The number of amides is 2. The average molecular weight is 530 g/mol. The number of nitrogens with two attached hydrogens (primary N) is 1. The van der Waals surface area contributed by atoms with Crippen LogP contribution >= 0.6 is 11.3 Å². The van der Waals surface area contributed by atoms with Gasteiger partial charge in [-0.25, -0.2) is 19.2 Å². The SMILES string of the molecule is Cc1c(C(N)=O)sc2ncnc(Nc3ccc(F)cc3O[C@H]3CC[C@H](N(C)C(=O)OC(C)(C)C)CC3)c12. The first-order valence-corrected chi connectivity index (χ1v) is 13.0. The maximum absolute atomic E-state index is 14.2. The molecule has 2 aromatic heterocycles. The average Bonchev–Trinajstić information content (AvgIpc) is 3.17. The summed E-state index contributed by atoms with van der Waals surface area (Å²) in [5.41, 5.74) is 6.19. The van der Waals surface area contributed by atoms with Crippen molar-refractivity contribution in [2.45, 2.75) is 71.1 Å². The minimum atomic E-state index is -0.551. The van der Waals surface area contributed by atoms with Crippen molar-refractivity contribution in [3.8, 4) is 5.75 Å². The zero-order chi connectivity index (χ0) is 26.9. The third kappa shape index (κ3) is 6.10. The molecule has 1 fully saturated rings. The van der Waals surface area contributed by atoms with Gasteiger partial charge in [-0.3, -0.25) is 4.79 Å². The van der Waals surface area contributed by atoms with Crippen LogP contribution in [0.1, 0.15) is 61.7 Å². The molecule has 0 spiro atoms. The molecule has 2 amide bonds. The number of aryl methyl sites for hydroxylation is 1. The van der Waals surface area contributed by atoms with Crippen LogP contribution in [0.5, 0.6) is 5.75 Å². The normalized spacial score (nSPS) is 17.9. The van der Waals surface area contributed by atoms with E-state index in [1.165, 1.54) is 29.8 Å². The van der Waals surface area contributed by atoms with Gasteiger partial charge in [0.2, 0.25) is 0 Å². The van der Waals surface area contributed by atoms with Gasteiger partial charge in [-0.1, -0.05) is 0 Å². The number of anilines is 2. The van der Waals surface area contributed by atoms with E-state index in [9.17, 15) is 14.0 Å². The quantitative estimate of drug-likeness (QED) is 0.430. The van der Waals surface area contributed by atoms with Gasteiger partial charge in [0.15, 0.2) is 0 Å². The van der Waals surface area contributed by atoms with Crippen molar-refractivity contribution >= 4 is 45.1 Å². The van der Waals surface area contributed by atoms with Gasteiger partial charge in [0, 0.05) is 19.2 Å². The van der Waals surface area contributed by atoms with Crippen LogP contribution in [0.15, 0.2) is 24.5 Å². The summed E-state index contributed by atoms with van der Waals surface area (Å²) in [6.07, 6.45) is 3.82. The molecule has 4 rings (SSSR count). The predicted octanol–water partition coefficient (Wildman–Crippen LogP) is 5.54. The first kappa shape index (κ1) is 26.6. The zero-order valence-corrected chi connectivity index (χ0v) is 22.4. The smallest absolute Gasteiger partial charge is 0.410 e. The first-order valence-electron chi connectivity index (χ1n) is 12.2. The van der Waals surface area contributed by atoms with Crippen molar-refractivity contribution in [2.24, 2.45) is 5.73 Å². The van der Waals surface area contributed by atoms with Crippen LogP contribution < -0.4 is 15.8 Å². The van der Waals surface area contributed by atoms with Crippen LogP contribution in [-0.4, -0.2) is 51.7 Å². The topological polar surface area (TPSA) is 120 Å². The summed E-state index contributed by atoms with van der Waals surface area (Å²) in [5, 5.41) is 3.91. The Balaban J connectivity index is 1.48. The highest BCUT2D eigenvalue weighted by molar-refractivity contribution is 7.20. The van der Waals surface area contributed by atoms with Crippen molar-refractivity contribution in [1.82, 2.24) is 14.9 Å². The van der Waals surface area contributed by atoms with Gasteiger partial charge in [0.05, 0.1) is 22.1 Å². The van der Waals surface area contributed by atoms with E-state index in [2.05, 4.69) is 15.3 Å². The molecule has 1 aromatic carbocycles. The Hall–Kier alpha value is -3.47. The van der Waals surface area contributed by atoms with E-state index >= 15 is 0 Å². The number of nitrogens with zero attached hydrogens (tertiary/aromatic N) is 3. The van der Waals surface area contributed by atoms with Gasteiger partial charge in [-0.05, 0) is 71.1 Å². The van der Waals surface area contributed by atoms with Crippen LogP contribution in [0.2, 0.25) is 0 Å². The zero-order valence-electron chi connectivity index (χ0n) is 21.6. The second kappa shape index (κ2) is 10.5. The van der Waals surface area contributed by atoms with Gasteiger partial charge in [-0.2, -0.15) is 0 Å². The lowest BCUT2D eigenvalue weighted by Gasteiger charge is -2.35. The van der Waals surface area contributed by atoms with E-state index in [4.69, 9.17) is 15.2 Å². The summed E-state index contributed by atoms with van der Waals surface area (Å²) in [4.78, 5) is 35.6. The highest BCUT2D eigenvalue weighted by Crippen LogP contribution is 2.37. The van der Waals surface area contributed by atoms with Gasteiger partial charge < -0.3 is 25.4 Å². The Kier molecular flexibility index (Phi) is 7.54. The van der Waals surface area contributed by atoms with Gasteiger partial charge in [0.1, 0.15) is 34.1 Å². The molecule has 11 heteroatoms. The number of primary amides is 1. The molecule has 9 nitrogen and oxygen atoms in total. The number of benzene rings is 1. The molecule has 3 aromatic rings. The molecule has 1 saturated carbocycles. The van der Waals surface area contributed by atoms with E-state index in [1.807, 2.05) is 20.8 Å². The second-order valence-electron chi connectivity index (χ2n) is 10.2. The maximum Gasteiger partial charge on any atom is 0.410 e. The van der Waals surface area contributed by atoms with Crippen LogP contribution in [-0.2, 0) is 4.74 Å². The van der Waals surface area contributed by atoms with Gasteiger partial charge in [0.25, 0.3) is 5.91 Å². The molecule has 0 unspecified atom stereocenters. The Labute approximate surface area is 219 Å². The first-order chi connectivity index (χ1) is 17.4. The lowest BCUT2D eigenvalue weighted by atomic mass is 9.92. The molecule has 2 heterocycles. The highest BCUT2D eigenvalue weighted by Gasteiger charge is 2.30. The summed E-state index contributed by atoms with van der Waals surface area (Å²) >= 11 is 1.21. The summed E-state index contributed by atoms with van der Waals surface area (Å²) in [6, 6.07) is 4.33.